The molecule has 0 aliphatic carbocycles. The van der Waals surface area contributed by atoms with Gasteiger partial charge in [0.25, 0.3) is 0 Å². The van der Waals surface area contributed by atoms with Crippen molar-refractivity contribution in [1.82, 2.24) is 4.90 Å². The van der Waals surface area contributed by atoms with Gasteiger partial charge in [-0.15, -0.1) is 0 Å². The minimum atomic E-state index is -0.0855. The Labute approximate surface area is 139 Å². The van der Waals surface area contributed by atoms with Crippen molar-refractivity contribution in [3.63, 3.8) is 0 Å². The smallest absolute Gasteiger partial charge is 0.230 e. The van der Waals surface area contributed by atoms with E-state index in [0.717, 1.165) is 24.0 Å². The molecule has 3 nitrogen and oxygen atoms in total. The van der Waals surface area contributed by atoms with Crippen molar-refractivity contribution >= 4 is 5.91 Å². The second kappa shape index (κ2) is 9.11. The summed E-state index contributed by atoms with van der Waals surface area (Å²) in [5, 5.41) is 0. The predicted octanol–water partition coefficient (Wildman–Crippen LogP) is 3.56. The van der Waals surface area contributed by atoms with Gasteiger partial charge in [0.2, 0.25) is 5.91 Å². The lowest BCUT2D eigenvalue weighted by molar-refractivity contribution is -0.133. The van der Waals surface area contributed by atoms with Crippen LogP contribution >= 0.6 is 0 Å². The van der Waals surface area contributed by atoms with Crippen LogP contribution in [-0.4, -0.2) is 23.9 Å². The van der Waals surface area contributed by atoms with Crippen molar-refractivity contribution in [2.24, 2.45) is 5.73 Å². The molecule has 0 aromatic heterocycles. The first kappa shape index (κ1) is 17.2. The van der Waals surface area contributed by atoms with E-state index in [2.05, 4.69) is 19.1 Å². The number of carbonyl (C=O) groups is 1. The third-order valence-electron chi connectivity index (χ3n) is 4.07. The number of amides is 1. The molecule has 1 atom stereocenters. The number of hydrogen-bond donors (Lipinski definition) is 1. The van der Waals surface area contributed by atoms with Gasteiger partial charge >= 0.3 is 0 Å². The van der Waals surface area contributed by atoms with Crippen LogP contribution < -0.4 is 5.73 Å². The molecule has 0 aliphatic heterocycles. The molecule has 0 heterocycles. The van der Waals surface area contributed by atoms with E-state index in [-0.39, 0.29) is 11.8 Å². The van der Waals surface area contributed by atoms with Crippen molar-refractivity contribution in [1.29, 1.82) is 0 Å². The summed E-state index contributed by atoms with van der Waals surface area (Å²) < 4.78 is 0. The third-order valence-corrected chi connectivity index (χ3v) is 4.07. The Morgan fingerprint density at radius 3 is 2.22 bits per heavy atom. The van der Waals surface area contributed by atoms with Crippen LogP contribution in [0.25, 0.3) is 0 Å². The highest BCUT2D eigenvalue weighted by molar-refractivity contribution is 5.83. The molecule has 2 rings (SSSR count). The van der Waals surface area contributed by atoms with E-state index in [9.17, 15) is 4.79 Å². The minimum Gasteiger partial charge on any atom is -0.338 e. The highest BCUT2D eigenvalue weighted by Gasteiger charge is 2.24. The third kappa shape index (κ3) is 4.93. The van der Waals surface area contributed by atoms with E-state index in [1.54, 1.807) is 0 Å². The molecule has 0 spiro atoms. The Balaban J connectivity index is 2.17. The van der Waals surface area contributed by atoms with Gasteiger partial charge in [0.15, 0.2) is 0 Å². The molecule has 0 saturated carbocycles. The molecule has 1 amide bonds. The Hall–Kier alpha value is -2.13. The summed E-state index contributed by atoms with van der Waals surface area (Å²) >= 11 is 0. The monoisotopic (exact) mass is 310 g/mol. The van der Waals surface area contributed by atoms with Gasteiger partial charge in [0.05, 0.1) is 5.92 Å². The maximum Gasteiger partial charge on any atom is 0.230 e. The summed E-state index contributed by atoms with van der Waals surface area (Å²) in [5.41, 5.74) is 7.89. The van der Waals surface area contributed by atoms with Crippen LogP contribution in [-0.2, 0) is 11.3 Å². The van der Waals surface area contributed by atoms with E-state index >= 15 is 0 Å². The summed E-state index contributed by atoms with van der Waals surface area (Å²) in [5.74, 6) is 0.105. The van der Waals surface area contributed by atoms with Crippen molar-refractivity contribution in [3.05, 3.63) is 71.8 Å². The van der Waals surface area contributed by atoms with E-state index < -0.39 is 0 Å². The van der Waals surface area contributed by atoms with Gasteiger partial charge in [-0.05, 0) is 30.5 Å². The molecular weight excluding hydrogens is 284 g/mol. The first-order valence-electron chi connectivity index (χ1n) is 8.34. The number of benzene rings is 2. The molecule has 2 aromatic carbocycles. The number of nitrogens with two attached hydrogens (primary N) is 1. The maximum atomic E-state index is 13.1. The Morgan fingerprint density at radius 1 is 1.04 bits per heavy atom. The molecule has 23 heavy (non-hydrogen) atoms. The van der Waals surface area contributed by atoms with Crippen molar-refractivity contribution in [3.8, 4) is 0 Å². The highest BCUT2D eigenvalue weighted by Crippen LogP contribution is 2.23. The van der Waals surface area contributed by atoms with Gasteiger partial charge in [-0.1, -0.05) is 67.6 Å². The quantitative estimate of drug-likeness (QED) is 0.810. The summed E-state index contributed by atoms with van der Waals surface area (Å²) in [6.07, 6.45) is 1.63. The summed E-state index contributed by atoms with van der Waals surface area (Å²) in [6, 6.07) is 20.2. The fourth-order valence-corrected chi connectivity index (χ4v) is 2.81. The number of nitrogens with zero attached hydrogens (tertiary/aromatic N) is 1. The molecule has 1 unspecified atom stereocenters. The topological polar surface area (TPSA) is 46.3 Å². The molecule has 0 saturated heterocycles. The van der Waals surface area contributed by atoms with Gasteiger partial charge in [-0.25, -0.2) is 0 Å². The highest BCUT2D eigenvalue weighted by atomic mass is 16.2. The zero-order chi connectivity index (χ0) is 16.5. The van der Waals surface area contributed by atoms with Gasteiger partial charge in [-0.3, -0.25) is 4.79 Å². The van der Waals surface area contributed by atoms with Gasteiger partial charge < -0.3 is 10.6 Å². The molecule has 3 heteroatoms. The molecule has 0 fully saturated rings. The minimum absolute atomic E-state index is 0.0855. The first-order chi connectivity index (χ1) is 11.3. The molecule has 2 N–H and O–H groups in total. The summed E-state index contributed by atoms with van der Waals surface area (Å²) in [6.45, 7) is 4.01. The van der Waals surface area contributed by atoms with Crippen LogP contribution in [0, 0.1) is 0 Å². The fourth-order valence-electron chi connectivity index (χ4n) is 2.81. The van der Waals surface area contributed by atoms with Crippen LogP contribution in [0.5, 0.6) is 0 Å². The van der Waals surface area contributed by atoms with E-state index in [4.69, 9.17) is 5.73 Å². The second-order valence-electron chi connectivity index (χ2n) is 5.76. The largest absolute Gasteiger partial charge is 0.338 e. The molecule has 0 radical (unpaired) electrons. The van der Waals surface area contributed by atoms with E-state index in [1.165, 1.54) is 0 Å². The first-order valence-corrected chi connectivity index (χ1v) is 8.34. The fraction of sp³-hybridized carbons (Fsp3) is 0.350. The van der Waals surface area contributed by atoms with E-state index in [0.29, 0.717) is 19.6 Å². The van der Waals surface area contributed by atoms with E-state index in [1.807, 2.05) is 53.4 Å². The number of hydrogen-bond acceptors (Lipinski definition) is 2. The van der Waals surface area contributed by atoms with Crippen molar-refractivity contribution < 1.29 is 4.79 Å². The lowest BCUT2D eigenvalue weighted by Crippen LogP contribution is -2.36. The SMILES string of the molecule is CCC(C(=O)N(CCCN)Cc1ccccc1)c1ccccc1. The zero-order valence-corrected chi connectivity index (χ0v) is 13.8. The average Bonchev–Trinajstić information content (AvgIpc) is 2.61. The lowest BCUT2D eigenvalue weighted by Gasteiger charge is -2.27. The van der Waals surface area contributed by atoms with Crippen molar-refractivity contribution in [2.45, 2.75) is 32.2 Å². The standard InChI is InChI=1S/C20H26N2O/c1-2-19(18-12-7-4-8-13-18)20(23)22(15-9-14-21)16-17-10-5-3-6-11-17/h3-8,10-13,19H,2,9,14-16,21H2,1H3. The molecule has 2 aromatic rings. The average molecular weight is 310 g/mol. The van der Waals surface area contributed by atoms with Crippen LogP contribution in [0.4, 0.5) is 0 Å². The lowest BCUT2D eigenvalue weighted by atomic mass is 9.94. The predicted molar refractivity (Wildman–Crippen MR) is 95.0 cm³/mol. The number of rotatable bonds is 8. The second-order valence-corrected chi connectivity index (χ2v) is 5.76. The van der Waals surface area contributed by atoms with Crippen LogP contribution in [0.2, 0.25) is 0 Å². The maximum absolute atomic E-state index is 13.1. The van der Waals surface area contributed by atoms with Gasteiger partial charge in [0, 0.05) is 13.1 Å². The summed E-state index contributed by atoms with van der Waals surface area (Å²) in [7, 11) is 0. The van der Waals surface area contributed by atoms with Crippen LogP contribution in [0.3, 0.4) is 0 Å². The normalized spacial score (nSPS) is 11.9. The Kier molecular flexibility index (Phi) is 6.82. The molecule has 0 aliphatic rings. The zero-order valence-electron chi connectivity index (χ0n) is 13.8. The van der Waals surface area contributed by atoms with Crippen molar-refractivity contribution in [2.75, 3.05) is 13.1 Å². The van der Waals surface area contributed by atoms with Crippen LogP contribution in [0.1, 0.15) is 36.8 Å². The van der Waals surface area contributed by atoms with Gasteiger partial charge in [-0.2, -0.15) is 0 Å². The number of carbonyl (C=O) groups excluding carboxylic acids is 1. The molecular formula is C20H26N2O. The Bertz CT molecular complexity index is 583. The summed E-state index contributed by atoms with van der Waals surface area (Å²) in [4.78, 5) is 15.0. The van der Waals surface area contributed by atoms with Gasteiger partial charge in [0.1, 0.15) is 0 Å². The molecule has 0 bridgehead atoms. The van der Waals surface area contributed by atoms with Crippen LogP contribution in [0.15, 0.2) is 60.7 Å². The Morgan fingerprint density at radius 2 is 1.65 bits per heavy atom. The molecule has 122 valence electrons.